The van der Waals surface area contributed by atoms with Gasteiger partial charge in [0.1, 0.15) is 11.7 Å². The van der Waals surface area contributed by atoms with E-state index in [0.717, 1.165) is 11.1 Å². The van der Waals surface area contributed by atoms with E-state index in [1.54, 1.807) is 6.20 Å². The third-order valence-corrected chi connectivity index (χ3v) is 3.91. The third-order valence-electron chi connectivity index (χ3n) is 3.91. The summed E-state index contributed by atoms with van der Waals surface area (Å²) in [7, 11) is 0. The van der Waals surface area contributed by atoms with E-state index in [1.165, 1.54) is 4.68 Å². The van der Waals surface area contributed by atoms with E-state index in [-0.39, 0.29) is 18.9 Å². The van der Waals surface area contributed by atoms with Crippen molar-refractivity contribution in [3.8, 4) is 11.3 Å². The van der Waals surface area contributed by atoms with Crippen molar-refractivity contribution >= 4 is 5.91 Å². The van der Waals surface area contributed by atoms with Crippen LogP contribution in [0, 0.1) is 0 Å². The van der Waals surface area contributed by atoms with Gasteiger partial charge in [-0.2, -0.15) is 0 Å². The van der Waals surface area contributed by atoms with E-state index in [0.29, 0.717) is 12.2 Å². The molecule has 6 nitrogen and oxygen atoms in total. The zero-order valence-electron chi connectivity index (χ0n) is 13.7. The summed E-state index contributed by atoms with van der Waals surface area (Å²) < 4.78 is 1.51. The minimum absolute atomic E-state index is 0.107. The first-order valence-electron chi connectivity index (χ1n) is 8.17. The van der Waals surface area contributed by atoms with Crippen LogP contribution in [0.2, 0.25) is 0 Å². The number of nitrogens with one attached hydrogen (secondary N) is 1. The molecule has 0 aliphatic heterocycles. The molecular formula is C19H20N4O2. The Hall–Kier alpha value is -2.99. The molecule has 0 spiro atoms. The summed E-state index contributed by atoms with van der Waals surface area (Å²) in [6.07, 6.45) is 2.01. The Labute approximate surface area is 146 Å². The maximum absolute atomic E-state index is 12.5. The second-order valence-electron chi connectivity index (χ2n) is 5.68. The van der Waals surface area contributed by atoms with Crippen LogP contribution in [0.5, 0.6) is 0 Å². The first kappa shape index (κ1) is 16.9. The number of amides is 1. The minimum atomic E-state index is -0.598. The molecule has 128 valence electrons. The van der Waals surface area contributed by atoms with E-state index < -0.39 is 6.04 Å². The molecular weight excluding hydrogens is 316 g/mol. The van der Waals surface area contributed by atoms with Gasteiger partial charge in [0, 0.05) is 25.1 Å². The Morgan fingerprint density at radius 1 is 1.08 bits per heavy atom. The zero-order chi connectivity index (χ0) is 17.5. The maximum Gasteiger partial charge on any atom is 0.245 e. The van der Waals surface area contributed by atoms with Gasteiger partial charge in [0.25, 0.3) is 0 Å². The number of rotatable bonds is 7. The summed E-state index contributed by atoms with van der Waals surface area (Å²) in [6.45, 7) is 0.325. The van der Waals surface area contributed by atoms with E-state index >= 15 is 0 Å². The quantitative estimate of drug-likeness (QED) is 0.693. The number of carbonyl (C=O) groups excluding carboxylic acids is 1. The van der Waals surface area contributed by atoms with Gasteiger partial charge in [-0.05, 0) is 5.56 Å². The lowest BCUT2D eigenvalue weighted by molar-refractivity contribution is -0.125. The molecule has 1 amide bonds. The fraction of sp³-hybridized carbons (Fsp3) is 0.211. The number of nitrogens with zero attached hydrogens (tertiary/aromatic N) is 3. The maximum atomic E-state index is 12.5. The number of benzene rings is 2. The molecule has 2 N–H and O–H groups in total. The summed E-state index contributed by atoms with van der Waals surface area (Å²) in [5.74, 6) is -0.192. The van der Waals surface area contributed by atoms with Gasteiger partial charge in [-0.1, -0.05) is 65.9 Å². The van der Waals surface area contributed by atoms with Gasteiger partial charge in [0.05, 0.1) is 6.20 Å². The average Bonchev–Trinajstić information content (AvgIpc) is 3.15. The van der Waals surface area contributed by atoms with Gasteiger partial charge in [0.2, 0.25) is 5.91 Å². The lowest BCUT2D eigenvalue weighted by Crippen LogP contribution is -2.33. The average molecular weight is 336 g/mol. The Kier molecular flexibility index (Phi) is 5.53. The molecule has 0 bridgehead atoms. The van der Waals surface area contributed by atoms with Crippen LogP contribution in [0.25, 0.3) is 11.3 Å². The number of carbonyl (C=O) groups is 1. The van der Waals surface area contributed by atoms with Crippen molar-refractivity contribution in [1.82, 2.24) is 20.3 Å². The summed E-state index contributed by atoms with van der Waals surface area (Å²) in [4.78, 5) is 12.5. The number of hydrogen-bond donors (Lipinski definition) is 2. The molecule has 1 atom stereocenters. The smallest absolute Gasteiger partial charge is 0.245 e. The summed E-state index contributed by atoms with van der Waals surface area (Å²) in [5.41, 5.74) is 2.64. The van der Waals surface area contributed by atoms with Crippen LogP contribution >= 0.6 is 0 Å². The predicted octanol–water partition coefficient (Wildman–Crippen LogP) is 2.18. The Bertz CT molecular complexity index is 803. The molecule has 6 heteroatoms. The van der Waals surface area contributed by atoms with Gasteiger partial charge in [-0.3, -0.25) is 4.79 Å². The summed E-state index contributed by atoms with van der Waals surface area (Å²) in [6, 6.07) is 18.7. The largest absolute Gasteiger partial charge is 0.396 e. The molecule has 25 heavy (non-hydrogen) atoms. The normalized spacial score (nSPS) is 11.9. The van der Waals surface area contributed by atoms with E-state index in [9.17, 15) is 9.90 Å². The van der Waals surface area contributed by atoms with Crippen LogP contribution in [0.1, 0.15) is 18.0 Å². The number of hydrogen-bond acceptors (Lipinski definition) is 4. The lowest BCUT2D eigenvalue weighted by atomic mass is 10.1. The number of aliphatic hydroxyl groups excluding tert-OH is 1. The summed E-state index contributed by atoms with van der Waals surface area (Å²) in [5, 5.41) is 20.4. The van der Waals surface area contributed by atoms with Crippen LogP contribution in [-0.2, 0) is 11.3 Å². The SMILES string of the molecule is O=C(NCc1ccccc1)C(CCO)n1cc(-c2ccccc2)nn1. The molecule has 0 saturated heterocycles. The molecule has 0 saturated carbocycles. The Morgan fingerprint density at radius 3 is 2.44 bits per heavy atom. The van der Waals surface area contributed by atoms with Gasteiger partial charge in [-0.15, -0.1) is 5.10 Å². The van der Waals surface area contributed by atoms with Gasteiger partial charge < -0.3 is 10.4 Å². The van der Waals surface area contributed by atoms with Crippen molar-refractivity contribution < 1.29 is 9.90 Å². The van der Waals surface area contributed by atoms with Crippen LogP contribution < -0.4 is 5.32 Å². The molecule has 0 aliphatic carbocycles. The number of aliphatic hydroxyl groups is 1. The van der Waals surface area contributed by atoms with Crippen molar-refractivity contribution in [3.05, 3.63) is 72.4 Å². The molecule has 1 unspecified atom stereocenters. The third kappa shape index (κ3) is 4.30. The van der Waals surface area contributed by atoms with Crippen LogP contribution in [0.3, 0.4) is 0 Å². The van der Waals surface area contributed by atoms with Crippen molar-refractivity contribution in [2.45, 2.75) is 19.0 Å². The highest BCUT2D eigenvalue weighted by Crippen LogP contribution is 2.18. The first-order valence-corrected chi connectivity index (χ1v) is 8.17. The van der Waals surface area contributed by atoms with Gasteiger partial charge in [0.15, 0.2) is 0 Å². The predicted molar refractivity (Wildman–Crippen MR) is 94.5 cm³/mol. The minimum Gasteiger partial charge on any atom is -0.396 e. The lowest BCUT2D eigenvalue weighted by Gasteiger charge is -2.15. The molecule has 0 aliphatic rings. The highest BCUT2D eigenvalue weighted by atomic mass is 16.3. The van der Waals surface area contributed by atoms with Crippen LogP contribution in [-0.4, -0.2) is 32.6 Å². The van der Waals surface area contributed by atoms with Crippen molar-refractivity contribution in [2.24, 2.45) is 0 Å². The molecule has 3 aromatic rings. The second-order valence-corrected chi connectivity index (χ2v) is 5.68. The topological polar surface area (TPSA) is 80.0 Å². The molecule has 3 rings (SSSR count). The molecule has 0 radical (unpaired) electrons. The molecule has 1 aromatic heterocycles. The summed E-state index contributed by atoms with van der Waals surface area (Å²) >= 11 is 0. The number of aromatic nitrogens is 3. The molecule has 1 heterocycles. The first-order chi connectivity index (χ1) is 12.3. The monoisotopic (exact) mass is 336 g/mol. The Balaban J connectivity index is 1.72. The van der Waals surface area contributed by atoms with E-state index in [2.05, 4.69) is 15.6 Å². The van der Waals surface area contributed by atoms with Gasteiger partial charge in [-0.25, -0.2) is 4.68 Å². The van der Waals surface area contributed by atoms with Crippen molar-refractivity contribution in [2.75, 3.05) is 6.61 Å². The highest BCUT2D eigenvalue weighted by molar-refractivity contribution is 5.80. The van der Waals surface area contributed by atoms with E-state index in [4.69, 9.17) is 0 Å². The fourth-order valence-electron chi connectivity index (χ4n) is 2.58. The van der Waals surface area contributed by atoms with Crippen LogP contribution in [0.15, 0.2) is 66.9 Å². The van der Waals surface area contributed by atoms with Crippen molar-refractivity contribution in [1.29, 1.82) is 0 Å². The highest BCUT2D eigenvalue weighted by Gasteiger charge is 2.21. The van der Waals surface area contributed by atoms with Gasteiger partial charge >= 0.3 is 0 Å². The Morgan fingerprint density at radius 2 is 1.76 bits per heavy atom. The zero-order valence-corrected chi connectivity index (χ0v) is 13.7. The van der Waals surface area contributed by atoms with E-state index in [1.807, 2.05) is 60.7 Å². The molecule has 2 aromatic carbocycles. The van der Waals surface area contributed by atoms with Crippen molar-refractivity contribution in [3.63, 3.8) is 0 Å². The second kappa shape index (κ2) is 8.21. The standard InChI is InChI=1S/C19H20N4O2/c24-12-11-18(19(25)20-13-15-7-3-1-4-8-15)23-14-17(21-22-23)16-9-5-2-6-10-16/h1-10,14,18,24H,11-13H2,(H,20,25). The van der Waals surface area contributed by atoms with Crippen LogP contribution in [0.4, 0.5) is 0 Å². The molecule has 0 fully saturated rings. The fourth-order valence-corrected chi connectivity index (χ4v) is 2.58.